The largest absolute Gasteiger partial charge is 0.392 e. The number of hydrogen-bond acceptors (Lipinski definition) is 3. The molecule has 1 aromatic carbocycles. The number of nitrogens with zero attached hydrogens (tertiary/aromatic N) is 1. The predicted molar refractivity (Wildman–Crippen MR) is 64.7 cm³/mol. The minimum atomic E-state index is -0.105. The molecule has 1 amide bonds. The highest BCUT2D eigenvalue weighted by Gasteiger charge is 2.13. The monoisotopic (exact) mass is 242 g/mol. The van der Waals surface area contributed by atoms with Crippen molar-refractivity contribution in [3.8, 4) is 0 Å². The Labute approximate surface area is 99.8 Å². The normalized spacial score (nSPS) is 10.0. The first-order valence-electron chi connectivity index (χ1n) is 4.90. The number of nitrogens with one attached hydrogen (secondary N) is 1. The Kier molecular flexibility index (Phi) is 4.58. The predicted octanol–water partition coefficient (Wildman–Crippen LogP) is 1.01. The number of carbonyl (C=O) groups excluding carboxylic acids is 1. The highest BCUT2D eigenvalue weighted by molar-refractivity contribution is 6.33. The smallest absolute Gasteiger partial charge is 0.239 e. The van der Waals surface area contributed by atoms with E-state index in [0.717, 1.165) is 0 Å². The molecule has 0 bridgehead atoms. The lowest BCUT2D eigenvalue weighted by Crippen LogP contribution is -2.33. The minimum Gasteiger partial charge on any atom is -0.392 e. The van der Waals surface area contributed by atoms with Crippen molar-refractivity contribution in [1.82, 2.24) is 5.32 Å². The molecule has 88 valence electrons. The zero-order valence-corrected chi connectivity index (χ0v) is 10.1. The van der Waals surface area contributed by atoms with Crippen molar-refractivity contribution in [2.75, 3.05) is 25.5 Å². The molecule has 0 saturated heterocycles. The summed E-state index contributed by atoms with van der Waals surface area (Å²) in [5, 5.41) is 12.3. The molecule has 0 aliphatic carbocycles. The van der Waals surface area contributed by atoms with E-state index in [1.807, 2.05) is 0 Å². The molecule has 0 atom stereocenters. The second kappa shape index (κ2) is 5.72. The number of aliphatic hydroxyl groups is 1. The SMILES string of the molecule is CNC(=O)CN(C)c1c(Cl)cccc1CO. The number of carbonyl (C=O) groups is 1. The molecule has 0 fully saturated rings. The Bertz CT molecular complexity index is 382. The molecule has 0 aromatic heterocycles. The molecule has 16 heavy (non-hydrogen) atoms. The summed E-state index contributed by atoms with van der Waals surface area (Å²) in [6.45, 7) is 0.0984. The van der Waals surface area contributed by atoms with E-state index in [1.54, 1.807) is 37.2 Å². The molecule has 0 heterocycles. The van der Waals surface area contributed by atoms with Crippen molar-refractivity contribution in [2.24, 2.45) is 0 Å². The van der Waals surface area contributed by atoms with Crippen molar-refractivity contribution >= 4 is 23.2 Å². The maximum absolute atomic E-state index is 11.2. The maximum Gasteiger partial charge on any atom is 0.239 e. The van der Waals surface area contributed by atoms with Crippen molar-refractivity contribution in [2.45, 2.75) is 6.61 Å². The van der Waals surface area contributed by atoms with E-state index in [-0.39, 0.29) is 19.1 Å². The summed E-state index contributed by atoms with van der Waals surface area (Å²) in [5.74, 6) is -0.105. The quantitative estimate of drug-likeness (QED) is 0.829. The molecular formula is C11H15ClN2O2. The number of halogens is 1. The van der Waals surface area contributed by atoms with Crippen molar-refractivity contribution < 1.29 is 9.90 Å². The van der Waals surface area contributed by atoms with Gasteiger partial charge in [0.05, 0.1) is 23.9 Å². The standard InChI is InChI=1S/C11H15ClN2O2/c1-13-10(16)6-14(2)11-8(7-15)4-3-5-9(11)12/h3-5,15H,6-7H2,1-2H3,(H,13,16). The van der Waals surface area contributed by atoms with Crippen LogP contribution in [0.1, 0.15) is 5.56 Å². The van der Waals surface area contributed by atoms with Gasteiger partial charge in [-0.15, -0.1) is 0 Å². The number of hydrogen-bond donors (Lipinski definition) is 2. The zero-order chi connectivity index (χ0) is 12.1. The Morgan fingerprint density at radius 1 is 1.56 bits per heavy atom. The second-order valence-electron chi connectivity index (χ2n) is 3.43. The first-order chi connectivity index (χ1) is 7.60. The number of rotatable bonds is 4. The van der Waals surface area contributed by atoms with Crippen LogP contribution in [0.4, 0.5) is 5.69 Å². The van der Waals surface area contributed by atoms with Gasteiger partial charge in [0.25, 0.3) is 0 Å². The van der Waals surface area contributed by atoms with Gasteiger partial charge in [0.2, 0.25) is 5.91 Å². The van der Waals surface area contributed by atoms with Gasteiger partial charge in [-0.25, -0.2) is 0 Å². The van der Waals surface area contributed by atoms with Gasteiger partial charge in [-0.1, -0.05) is 23.7 Å². The first kappa shape index (κ1) is 12.8. The summed E-state index contributed by atoms with van der Waals surface area (Å²) in [5.41, 5.74) is 1.40. The van der Waals surface area contributed by atoms with Gasteiger partial charge < -0.3 is 15.3 Å². The molecule has 0 radical (unpaired) electrons. The van der Waals surface area contributed by atoms with Gasteiger partial charge >= 0.3 is 0 Å². The molecule has 0 saturated carbocycles. The molecule has 4 nitrogen and oxygen atoms in total. The second-order valence-corrected chi connectivity index (χ2v) is 3.84. The molecule has 1 rings (SSSR count). The Hall–Kier alpha value is -1.26. The summed E-state index contributed by atoms with van der Waals surface area (Å²) >= 11 is 6.05. The third-order valence-electron chi connectivity index (χ3n) is 2.28. The van der Waals surface area contributed by atoms with Crippen molar-refractivity contribution in [1.29, 1.82) is 0 Å². The van der Waals surface area contributed by atoms with Crippen LogP contribution in [-0.4, -0.2) is 31.7 Å². The number of amides is 1. The Morgan fingerprint density at radius 3 is 2.81 bits per heavy atom. The van der Waals surface area contributed by atoms with E-state index in [0.29, 0.717) is 16.3 Å². The van der Waals surface area contributed by atoms with Gasteiger partial charge in [-0.05, 0) is 6.07 Å². The van der Waals surface area contributed by atoms with Crippen LogP contribution >= 0.6 is 11.6 Å². The van der Waals surface area contributed by atoms with E-state index in [2.05, 4.69) is 5.32 Å². The van der Waals surface area contributed by atoms with E-state index >= 15 is 0 Å². The average molecular weight is 243 g/mol. The lowest BCUT2D eigenvalue weighted by molar-refractivity contribution is -0.119. The van der Waals surface area contributed by atoms with E-state index in [9.17, 15) is 9.90 Å². The highest BCUT2D eigenvalue weighted by Crippen LogP contribution is 2.28. The number of anilines is 1. The van der Waals surface area contributed by atoms with Crippen molar-refractivity contribution in [3.05, 3.63) is 28.8 Å². The minimum absolute atomic E-state index is 0.103. The number of para-hydroxylation sites is 1. The van der Waals surface area contributed by atoms with E-state index in [1.165, 1.54) is 0 Å². The van der Waals surface area contributed by atoms with Crippen LogP contribution in [0.5, 0.6) is 0 Å². The van der Waals surface area contributed by atoms with Gasteiger partial charge in [-0.2, -0.15) is 0 Å². The maximum atomic E-state index is 11.2. The summed E-state index contributed by atoms with van der Waals surface area (Å²) in [6, 6.07) is 5.28. The molecule has 1 aromatic rings. The molecule has 5 heteroatoms. The zero-order valence-electron chi connectivity index (χ0n) is 9.33. The molecule has 0 spiro atoms. The lowest BCUT2D eigenvalue weighted by Gasteiger charge is -2.22. The molecule has 0 unspecified atom stereocenters. The van der Waals surface area contributed by atoms with Gasteiger partial charge in [0.1, 0.15) is 0 Å². The van der Waals surface area contributed by atoms with Crippen LogP contribution in [0.3, 0.4) is 0 Å². The van der Waals surface area contributed by atoms with Crippen LogP contribution in [0.15, 0.2) is 18.2 Å². The number of benzene rings is 1. The fourth-order valence-electron chi connectivity index (χ4n) is 1.49. The molecule has 2 N–H and O–H groups in total. The fourth-order valence-corrected chi connectivity index (χ4v) is 1.83. The molecule has 0 aliphatic heterocycles. The van der Waals surface area contributed by atoms with Crippen LogP contribution < -0.4 is 10.2 Å². The third kappa shape index (κ3) is 2.87. The third-order valence-corrected chi connectivity index (χ3v) is 2.59. The first-order valence-corrected chi connectivity index (χ1v) is 5.28. The molecular weight excluding hydrogens is 228 g/mol. The summed E-state index contributed by atoms with van der Waals surface area (Å²) in [6.07, 6.45) is 0. The van der Waals surface area contributed by atoms with Crippen LogP contribution in [0.25, 0.3) is 0 Å². The van der Waals surface area contributed by atoms with Crippen LogP contribution in [-0.2, 0) is 11.4 Å². The Morgan fingerprint density at radius 2 is 2.25 bits per heavy atom. The van der Waals surface area contributed by atoms with E-state index in [4.69, 9.17) is 11.6 Å². The van der Waals surface area contributed by atoms with Crippen LogP contribution in [0.2, 0.25) is 5.02 Å². The number of likely N-dealkylation sites (N-methyl/N-ethyl adjacent to an activating group) is 2. The summed E-state index contributed by atoms with van der Waals surface area (Å²) in [4.78, 5) is 13.0. The van der Waals surface area contributed by atoms with Crippen LogP contribution in [0, 0.1) is 0 Å². The van der Waals surface area contributed by atoms with Crippen molar-refractivity contribution in [3.63, 3.8) is 0 Å². The summed E-state index contributed by atoms with van der Waals surface area (Å²) < 4.78 is 0. The van der Waals surface area contributed by atoms with E-state index < -0.39 is 0 Å². The topological polar surface area (TPSA) is 52.6 Å². The lowest BCUT2D eigenvalue weighted by atomic mass is 10.1. The van der Waals surface area contributed by atoms with Gasteiger partial charge in [0, 0.05) is 19.7 Å². The highest BCUT2D eigenvalue weighted by atomic mass is 35.5. The van der Waals surface area contributed by atoms with Gasteiger partial charge in [0.15, 0.2) is 0 Å². The molecule has 0 aliphatic rings. The fraction of sp³-hybridized carbons (Fsp3) is 0.364. The summed E-state index contributed by atoms with van der Waals surface area (Å²) in [7, 11) is 3.34. The van der Waals surface area contributed by atoms with Gasteiger partial charge in [-0.3, -0.25) is 4.79 Å². The number of aliphatic hydroxyl groups excluding tert-OH is 1. The Balaban J connectivity index is 2.97. The average Bonchev–Trinajstić information content (AvgIpc) is 2.28.